The SMILES string of the molecule is COCCCCNCCCC(C)O. The lowest BCUT2D eigenvalue weighted by atomic mass is 10.2. The van der Waals surface area contributed by atoms with Gasteiger partial charge in [0.15, 0.2) is 0 Å². The maximum atomic E-state index is 8.98. The molecule has 0 saturated carbocycles. The molecule has 1 unspecified atom stereocenters. The van der Waals surface area contributed by atoms with E-state index in [4.69, 9.17) is 9.84 Å². The number of nitrogens with one attached hydrogen (secondary N) is 1. The Balaban J connectivity index is 2.84. The molecule has 0 aromatic carbocycles. The van der Waals surface area contributed by atoms with E-state index in [1.165, 1.54) is 6.42 Å². The minimum atomic E-state index is -0.157. The van der Waals surface area contributed by atoms with E-state index in [-0.39, 0.29) is 6.10 Å². The topological polar surface area (TPSA) is 41.5 Å². The fourth-order valence-electron chi connectivity index (χ4n) is 1.14. The first-order chi connectivity index (χ1) is 6.27. The average Bonchev–Trinajstić information content (AvgIpc) is 2.09. The standard InChI is InChI=1S/C10H23NO2/c1-10(12)6-5-8-11-7-3-4-9-13-2/h10-12H,3-9H2,1-2H3. The lowest BCUT2D eigenvalue weighted by Gasteiger charge is -2.05. The smallest absolute Gasteiger partial charge is 0.0512 e. The van der Waals surface area contributed by atoms with E-state index in [0.717, 1.165) is 39.0 Å². The van der Waals surface area contributed by atoms with Crippen LogP contribution < -0.4 is 5.32 Å². The molecule has 13 heavy (non-hydrogen) atoms. The largest absolute Gasteiger partial charge is 0.393 e. The molecule has 0 spiro atoms. The van der Waals surface area contributed by atoms with Crippen molar-refractivity contribution in [1.82, 2.24) is 5.32 Å². The van der Waals surface area contributed by atoms with Crippen LogP contribution in [-0.4, -0.2) is 38.0 Å². The van der Waals surface area contributed by atoms with Crippen LogP contribution in [0.4, 0.5) is 0 Å². The summed E-state index contributed by atoms with van der Waals surface area (Å²) in [6.45, 7) is 4.76. The molecular formula is C10H23NO2. The summed E-state index contributed by atoms with van der Waals surface area (Å²) in [4.78, 5) is 0. The molecule has 0 saturated heterocycles. The summed E-state index contributed by atoms with van der Waals surface area (Å²) in [5, 5.41) is 12.3. The zero-order valence-corrected chi connectivity index (χ0v) is 8.88. The van der Waals surface area contributed by atoms with Gasteiger partial charge in [-0.1, -0.05) is 0 Å². The van der Waals surface area contributed by atoms with Crippen LogP contribution in [-0.2, 0) is 4.74 Å². The minimum absolute atomic E-state index is 0.157. The number of hydrogen-bond donors (Lipinski definition) is 2. The summed E-state index contributed by atoms with van der Waals surface area (Å²) < 4.78 is 4.94. The number of hydrogen-bond acceptors (Lipinski definition) is 3. The molecular weight excluding hydrogens is 166 g/mol. The molecule has 0 heterocycles. The van der Waals surface area contributed by atoms with Crippen molar-refractivity contribution in [2.24, 2.45) is 0 Å². The van der Waals surface area contributed by atoms with Crippen molar-refractivity contribution in [2.75, 3.05) is 26.8 Å². The Labute approximate surface area is 81.5 Å². The fourth-order valence-corrected chi connectivity index (χ4v) is 1.14. The number of ether oxygens (including phenoxy) is 1. The van der Waals surface area contributed by atoms with Crippen LogP contribution in [0.15, 0.2) is 0 Å². The molecule has 0 aliphatic heterocycles. The van der Waals surface area contributed by atoms with Gasteiger partial charge in [0.1, 0.15) is 0 Å². The van der Waals surface area contributed by atoms with Crippen molar-refractivity contribution in [2.45, 2.75) is 38.7 Å². The van der Waals surface area contributed by atoms with Crippen LogP contribution in [0.1, 0.15) is 32.6 Å². The van der Waals surface area contributed by atoms with Crippen molar-refractivity contribution >= 4 is 0 Å². The van der Waals surface area contributed by atoms with Crippen molar-refractivity contribution < 1.29 is 9.84 Å². The normalized spacial score (nSPS) is 13.2. The number of methoxy groups -OCH3 is 1. The van der Waals surface area contributed by atoms with Gasteiger partial charge in [-0.2, -0.15) is 0 Å². The van der Waals surface area contributed by atoms with Crippen LogP contribution in [0.2, 0.25) is 0 Å². The van der Waals surface area contributed by atoms with E-state index in [1.807, 2.05) is 6.92 Å². The maximum Gasteiger partial charge on any atom is 0.0512 e. The summed E-state index contributed by atoms with van der Waals surface area (Å²) in [6.07, 6.45) is 4.09. The van der Waals surface area contributed by atoms with Gasteiger partial charge in [0, 0.05) is 13.7 Å². The third-order valence-electron chi connectivity index (χ3n) is 1.93. The second-order valence-electron chi connectivity index (χ2n) is 3.44. The highest BCUT2D eigenvalue weighted by Gasteiger charge is 1.94. The monoisotopic (exact) mass is 189 g/mol. The lowest BCUT2D eigenvalue weighted by molar-refractivity contribution is 0.181. The van der Waals surface area contributed by atoms with Gasteiger partial charge in [0.05, 0.1) is 6.10 Å². The second kappa shape index (κ2) is 9.96. The van der Waals surface area contributed by atoms with E-state index in [0.29, 0.717) is 0 Å². The molecule has 80 valence electrons. The third-order valence-corrected chi connectivity index (χ3v) is 1.93. The average molecular weight is 189 g/mol. The van der Waals surface area contributed by atoms with E-state index >= 15 is 0 Å². The van der Waals surface area contributed by atoms with Gasteiger partial charge in [-0.05, 0) is 45.7 Å². The zero-order chi connectivity index (χ0) is 9.94. The molecule has 0 aromatic heterocycles. The molecule has 3 heteroatoms. The van der Waals surface area contributed by atoms with E-state index < -0.39 is 0 Å². The van der Waals surface area contributed by atoms with Crippen LogP contribution in [0.3, 0.4) is 0 Å². The Morgan fingerprint density at radius 3 is 2.54 bits per heavy atom. The quantitative estimate of drug-likeness (QED) is 0.535. The molecule has 0 aliphatic carbocycles. The van der Waals surface area contributed by atoms with Crippen molar-refractivity contribution in [3.63, 3.8) is 0 Å². The Bertz CT molecular complexity index is 96.9. The molecule has 0 fully saturated rings. The number of rotatable bonds is 9. The molecule has 0 radical (unpaired) electrons. The Morgan fingerprint density at radius 2 is 1.92 bits per heavy atom. The first-order valence-electron chi connectivity index (χ1n) is 5.15. The van der Waals surface area contributed by atoms with Gasteiger partial charge >= 0.3 is 0 Å². The zero-order valence-electron chi connectivity index (χ0n) is 8.88. The molecule has 0 amide bonds. The highest BCUT2D eigenvalue weighted by Crippen LogP contribution is 1.93. The molecule has 0 aliphatic rings. The Kier molecular flexibility index (Phi) is 9.87. The van der Waals surface area contributed by atoms with Gasteiger partial charge in [0.2, 0.25) is 0 Å². The van der Waals surface area contributed by atoms with E-state index in [1.54, 1.807) is 7.11 Å². The predicted molar refractivity (Wildman–Crippen MR) is 54.9 cm³/mol. The van der Waals surface area contributed by atoms with Gasteiger partial charge in [-0.3, -0.25) is 0 Å². The molecule has 3 nitrogen and oxygen atoms in total. The van der Waals surface area contributed by atoms with Crippen LogP contribution >= 0.6 is 0 Å². The number of aliphatic hydroxyl groups excluding tert-OH is 1. The van der Waals surface area contributed by atoms with Gasteiger partial charge in [-0.15, -0.1) is 0 Å². The van der Waals surface area contributed by atoms with Gasteiger partial charge in [-0.25, -0.2) is 0 Å². The Hall–Kier alpha value is -0.120. The molecule has 0 bridgehead atoms. The summed E-state index contributed by atoms with van der Waals surface area (Å²) in [5.74, 6) is 0. The second-order valence-corrected chi connectivity index (χ2v) is 3.44. The summed E-state index contributed by atoms with van der Waals surface area (Å²) in [6, 6.07) is 0. The predicted octanol–water partition coefficient (Wildman–Crippen LogP) is 1.16. The van der Waals surface area contributed by atoms with Crippen LogP contribution in [0.5, 0.6) is 0 Å². The Morgan fingerprint density at radius 1 is 1.23 bits per heavy atom. The van der Waals surface area contributed by atoms with E-state index in [9.17, 15) is 0 Å². The fraction of sp³-hybridized carbons (Fsp3) is 1.00. The first-order valence-corrected chi connectivity index (χ1v) is 5.15. The van der Waals surface area contributed by atoms with Crippen LogP contribution in [0.25, 0.3) is 0 Å². The van der Waals surface area contributed by atoms with Gasteiger partial charge in [0.25, 0.3) is 0 Å². The summed E-state index contributed by atoms with van der Waals surface area (Å²) in [5.41, 5.74) is 0. The van der Waals surface area contributed by atoms with Gasteiger partial charge < -0.3 is 15.2 Å². The van der Waals surface area contributed by atoms with Crippen molar-refractivity contribution in [3.8, 4) is 0 Å². The van der Waals surface area contributed by atoms with Crippen molar-refractivity contribution in [1.29, 1.82) is 0 Å². The van der Waals surface area contributed by atoms with Crippen LogP contribution in [0, 0.1) is 0 Å². The number of aliphatic hydroxyl groups is 1. The first kappa shape index (κ1) is 12.9. The molecule has 2 N–H and O–H groups in total. The molecule has 1 atom stereocenters. The molecule has 0 aromatic rings. The molecule has 0 rings (SSSR count). The lowest BCUT2D eigenvalue weighted by Crippen LogP contribution is -2.18. The third kappa shape index (κ3) is 11.9. The van der Waals surface area contributed by atoms with E-state index in [2.05, 4.69) is 5.32 Å². The summed E-state index contributed by atoms with van der Waals surface area (Å²) in [7, 11) is 1.73. The number of unbranched alkanes of at least 4 members (excludes halogenated alkanes) is 1. The maximum absolute atomic E-state index is 8.98. The minimum Gasteiger partial charge on any atom is -0.393 e. The highest BCUT2D eigenvalue weighted by atomic mass is 16.5. The highest BCUT2D eigenvalue weighted by molar-refractivity contribution is 4.52. The summed E-state index contributed by atoms with van der Waals surface area (Å²) >= 11 is 0. The van der Waals surface area contributed by atoms with Crippen molar-refractivity contribution in [3.05, 3.63) is 0 Å².